The van der Waals surface area contributed by atoms with Gasteiger partial charge in [-0.15, -0.1) is 0 Å². The molecule has 0 spiro atoms. The summed E-state index contributed by atoms with van der Waals surface area (Å²) in [7, 11) is 1.62. The highest BCUT2D eigenvalue weighted by molar-refractivity contribution is 5.90. The van der Waals surface area contributed by atoms with E-state index in [2.05, 4.69) is 10.4 Å². The number of amides is 1. The fourth-order valence-corrected chi connectivity index (χ4v) is 2.46. The van der Waals surface area contributed by atoms with Crippen LogP contribution in [0, 0.1) is 0 Å². The van der Waals surface area contributed by atoms with E-state index >= 15 is 0 Å². The highest BCUT2D eigenvalue weighted by atomic mass is 16.5. The topological polar surface area (TPSA) is 91.3 Å². The quantitative estimate of drug-likeness (QED) is 0.742. The smallest absolute Gasteiger partial charge is 0.408 e. The van der Waals surface area contributed by atoms with Crippen LogP contribution in [-0.2, 0) is 16.1 Å². The summed E-state index contributed by atoms with van der Waals surface area (Å²) in [6.45, 7) is 2.33. The van der Waals surface area contributed by atoms with Crippen LogP contribution in [0.25, 0.3) is 11.1 Å². The lowest BCUT2D eigenvalue weighted by atomic mass is 10.3. The Morgan fingerprint density at radius 1 is 1.38 bits per heavy atom. The molecule has 0 aliphatic carbocycles. The molecule has 2 heterocycles. The standard InChI is InChI=1S/C16H18N4O4/c1-11(10-23-2)20-8-7-14(18-20)17-15(21)9-19-12-5-3-4-6-13(12)24-16(19)22/h3-8,11H,9-10H2,1-2H3,(H,17,18,21). The van der Waals surface area contributed by atoms with E-state index in [-0.39, 0.29) is 18.5 Å². The molecule has 8 heteroatoms. The number of anilines is 1. The van der Waals surface area contributed by atoms with Crippen molar-refractivity contribution in [3.63, 3.8) is 0 Å². The Morgan fingerprint density at radius 2 is 2.17 bits per heavy atom. The van der Waals surface area contributed by atoms with E-state index in [0.29, 0.717) is 23.5 Å². The lowest BCUT2D eigenvalue weighted by molar-refractivity contribution is -0.116. The van der Waals surface area contributed by atoms with Crippen molar-refractivity contribution in [1.82, 2.24) is 14.3 Å². The molecule has 3 rings (SSSR count). The summed E-state index contributed by atoms with van der Waals surface area (Å²) in [5.41, 5.74) is 1.03. The van der Waals surface area contributed by atoms with Gasteiger partial charge in [-0.05, 0) is 19.1 Å². The van der Waals surface area contributed by atoms with E-state index in [1.54, 1.807) is 48.3 Å². The summed E-state index contributed by atoms with van der Waals surface area (Å²) in [5, 5.41) is 6.95. The Bertz CT molecular complexity index is 908. The number of nitrogens with one attached hydrogen (secondary N) is 1. The third-order valence-electron chi connectivity index (χ3n) is 3.61. The molecule has 1 N–H and O–H groups in total. The number of ether oxygens (including phenoxy) is 1. The van der Waals surface area contributed by atoms with Crippen molar-refractivity contribution in [3.05, 3.63) is 47.1 Å². The van der Waals surface area contributed by atoms with Crippen molar-refractivity contribution in [1.29, 1.82) is 0 Å². The van der Waals surface area contributed by atoms with Gasteiger partial charge in [-0.1, -0.05) is 12.1 Å². The molecule has 0 fully saturated rings. The summed E-state index contributed by atoms with van der Waals surface area (Å²) in [6, 6.07) is 8.72. The number of hydrogen-bond acceptors (Lipinski definition) is 5. The van der Waals surface area contributed by atoms with Crippen LogP contribution in [0.5, 0.6) is 0 Å². The van der Waals surface area contributed by atoms with Gasteiger partial charge >= 0.3 is 5.76 Å². The number of methoxy groups -OCH3 is 1. The summed E-state index contributed by atoms with van der Waals surface area (Å²) in [6.07, 6.45) is 1.76. The van der Waals surface area contributed by atoms with Crippen LogP contribution in [-0.4, -0.2) is 34.0 Å². The van der Waals surface area contributed by atoms with Crippen molar-refractivity contribution >= 4 is 22.8 Å². The van der Waals surface area contributed by atoms with Crippen LogP contribution >= 0.6 is 0 Å². The molecule has 0 aliphatic rings. The van der Waals surface area contributed by atoms with Gasteiger partial charge in [-0.3, -0.25) is 14.0 Å². The molecule has 2 aromatic heterocycles. The highest BCUT2D eigenvalue weighted by Crippen LogP contribution is 2.12. The Hall–Kier alpha value is -2.87. The number of carbonyl (C=O) groups is 1. The van der Waals surface area contributed by atoms with E-state index in [4.69, 9.17) is 9.15 Å². The molecule has 0 aliphatic heterocycles. The first-order chi connectivity index (χ1) is 11.6. The van der Waals surface area contributed by atoms with Gasteiger partial charge in [0.1, 0.15) is 6.54 Å². The van der Waals surface area contributed by atoms with E-state index in [1.807, 2.05) is 6.92 Å². The van der Waals surface area contributed by atoms with Crippen molar-refractivity contribution in [2.45, 2.75) is 19.5 Å². The molecule has 1 atom stereocenters. The Kier molecular flexibility index (Phi) is 4.48. The predicted octanol–water partition coefficient (Wildman–Crippen LogP) is 1.64. The second-order valence-electron chi connectivity index (χ2n) is 5.46. The van der Waals surface area contributed by atoms with E-state index in [0.717, 1.165) is 0 Å². The van der Waals surface area contributed by atoms with Crippen LogP contribution in [0.2, 0.25) is 0 Å². The molecule has 24 heavy (non-hydrogen) atoms. The normalized spacial score (nSPS) is 12.4. The average molecular weight is 330 g/mol. The number of rotatable bonds is 6. The SMILES string of the molecule is COCC(C)n1ccc(NC(=O)Cn2c(=O)oc3ccccc32)n1. The molecular weight excluding hydrogens is 312 g/mol. The second kappa shape index (κ2) is 6.71. The zero-order valence-electron chi connectivity index (χ0n) is 13.4. The number of fused-ring (bicyclic) bond motifs is 1. The zero-order valence-corrected chi connectivity index (χ0v) is 13.4. The van der Waals surface area contributed by atoms with Gasteiger partial charge in [0.15, 0.2) is 11.4 Å². The third-order valence-corrected chi connectivity index (χ3v) is 3.61. The van der Waals surface area contributed by atoms with Crippen LogP contribution in [0.1, 0.15) is 13.0 Å². The van der Waals surface area contributed by atoms with E-state index < -0.39 is 5.76 Å². The van der Waals surface area contributed by atoms with Crippen LogP contribution < -0.4 is 11.1 Å². The lowest BCUT2D eigenvalue weighted by Crippen LogP contribution is -2.25. The number of benzene rings is 1. The Labute approximate surface area is 137 Å². The average Bonchev–Trinajstić information content (AvgIpc) is 3.13. The summed E-state index contributed by atoms with van der Waals surface area (Å²) in [4.78, 5) is 24.1. The van der Waals surface area contributed by atoms with Crippen LogP contribution in [0.3, 0.4) is 0 Å². The molecule has 8 nitrogen and oxygen atoms in total. The predicted molar refractivity (Wildman–Crippen MR) is 87.9 cm³/mol. The second-order valence-corrected chi connectivity index (χ2v) is 5.46. The van der Waals surface area contributed by atoms with Gasteiger partial charge in [0.05, 0.1) is 18.2 Å². The molecule has 126 valence electrons. The van der Waals surface area contributed by atoms with Gasteiger partial charge in [0, 0.05) is 19.4 Å². The number of hydrogen-bond donors (Lipinski definition) is 1. The van der Waals surface area contributed by atoms with Gasteiger partial charge < -0.3 is 14.5 Å². The molecule has 1 unspecified atom stereocenters. The first-order valence-electron chi connectivity index (χ1n) is 7.51. The number of carbonyl (C=O) groups excluding carboxylic acids is 1. The monoisotopic (exact) mass is 330 g/mol. The van der Waals surface area contributed by atoms with Crippen molar-refractivity contribution in [2.75, 3.05) is 19.0 Å². The summed E-state index contributed by atoms with van der Waals surface area (Å²) in [5.74, 6) is -0.498. The van der Waals surface area contributed by atoms with Gasteiger partial charge in [-0.25, -0.2) is 4.79 Å². The number of para-hydroxylation sites is 2. The highest BCUT2D eigenvalue weighted by Gasteiger charge is 2.14. The third kappa shape index (κ3) is 3.23. The Balaban J connectivity index is 1.71. The van der Waals surface area contributed by atoms with Crippen molar-refractivity contribution in [2.24, 2.45) is 0 Å². The van der Waals surface area contributed by atoms with Gasteiger partial charge in [0.25, 0.3) is 0 Å². The fraction of sp³-hybridized carbons (Fsp3) is 0.312. The minimum atomic E-state index is -0.564. The first kappa shape index (κ1) is 16.0. The van der Waals surface area contributed by atoms with Crippen molar-refractivity contribution < 1.29 is 13.9 Å². The summed E-state index contributed by atoms with van der Waals surface area (Å²) < 4.78 is 13.2. The van der Waals surface area contributed by atoms with Gasteiger partial charge in [-0.2, -0.15) is 5.10 Å². The number of oxazole rings is 1. The van der Waals surface area contributed by atoms with Crippen LogP contribution in [0.4, 0.5) is 5.82 Å². The molecule has 0 radical (unpaired) electrons. The molecule has 3 aromatic rings. The largest absolute Gasteiger partial charge is 0.420 e. The number of aromatic nitrogens is 3. The van der Waals surface area contributed by atoms with Crippen molar-refractivity contribution in [3.8, 4) is 0 Å². The lowest BCUT2D eigenvalue weighted by Gasteiger charge is -2.10. The minimum absolute atomic E-state index is 0.0566. The van der Waals surface area contributed by atoms with Gasteiger partial charge in [0.2, 0.25) is 5.91 Å². The fourth-order valence-electron chi connectivity index (χ4n) is 2.46. The number of nitrogens with zero attached hydrogens (tertiary/aromatic N) is 3. The molecule has 1 amide bonds. The maximum Gasteiger partial charge on any atom is 0.420 e. The van der Waals surface area contributed by atoms with E-state index in [1.165, 1.54) is 4.57 Å². The molecule has 0 saturated carbocycles. The summed E-state index contributed by atoms with van der Waals surface area (Å²) >= 11 is 0. The maximum atomic E-state index is 12.2. The molecule has 0 bridgehead atoms. The van der Waals surface area contributed by atoms with Crippen LogP contribution in [0.15, 0.2) is 45.7 Å². The maximum absolute atomic E-state index is 12.2. The Morgan fingerprint density at radius 3 is 2.96 bits per heavy atom. The minimum Gasteiger partial charge on any atom is -0.408 e. The first-order valence-corrected chi connectivity index (χ1v) is 7.51. The van der Waals surface area contributed by atoms with E-state index in [9.17, 15) is 9.59 Å². The molecular formula is C16H18N4O4. The zero-order chi connectivity index (χ0) is 17.1. The molecule has 1 aromatic carbocycles. The molecule has 0 saturated heterocycles.